The smallest absolute Gasteiger partial charge is 0.358 e. The zero-order valence-corrected chi connectivity index (χ0v) is 15.0. The fourth-order valence-corrected chi connectivity index (χ4v) is 2.88. The van der Waals surface area contributed by atoms with Gasteiger partial charge in [-0.2, -0.15) is 0 Å². The van der Waals surface area contributed by atoms with E-state index in [0.29, 0.717) is 5.13 Å². The number of carbonyl (C=O) groups excluding carboxylic acids is 3. The topological polar surface area (TPSA) is 97.4 Å². The Balaban J connectivity index is 1.93. The van der Waals surface area contributed by atoms with E-state index in [4.69, 9.17) is 4.74 Å². The molecule has 2 aromatic rings. The minimum absolute atomic E-state index is 0.0479. The fraction of sp³-hybridized carbons (Fsp3) is 0.294. The molecule has 7 nitrogen and oxygen atoms in total. The molecule has 0 atom stereocenters. The van der Waals surface area contributed by atoms with Gasteiger partial charge in [0.2, 0.25) is 5.91 Å². The first kappa shape index (κ1) is 18.6. The molecule has 0 spiro atoms. The van der Waals surface area contributed by atoms with Gasteiger partial charge in [0, 0.05) is 18.0 Å². The Kier molecular flexibility index (Phi) is 6.24. The molecule has 0 aliphatic carbocycles. The van der Waals surface area contributed by atoms with E-state index in [1.807, 2.05) is 32.0 Å². The number of aryl methyl sites for hydroxylation is 2. The normalized spacial score (nSPS) is 10.2. The van der Waals surface area contributed by atoms with Gasteiger partial charge < -0.3 is 15.4 Å². The lowest BCUT2D eigenvalue weighted by Gasteiger charge is -2.12. The van der Waals surface area contributed by atoms with Gasteiger partial charge in [-0.25, -0.2) is 9.78 Å². The van der Waals surface area contributed by atoms with E-state index in [0.717, 1.165) is 34.6 Å². The molecule has 0 fully saturated rings. The minimum Gasteiger partial charge on any atom is -0.451 e. The van der Waals surface area contributed by atoms with Crippen molar-refractivity contribution in [2.75, 3.05) is 17.2 Å². The van der Waals surface area contributed by atoms with Crippen molar-refractivity contribution < 1.29 is 19.1 Å². The maximum absolute atomic E-state index is 12.1. The number of carbonyl (C=O) groups is 3. The van der Waals surface area contributed by atoms with Gasteiger partial charge >= 0.3 is 5.97 Å². The number of anilines is 2. The van der Waals surface area contributed by atoms with Crippen LogP contribution >= 0.6 is 11.3 Å². The van der Waals surface area contributed by atoms with E-state index in [9.17, 15) is 14.4 Å². The molecule has 0 bridgehead atoms. The molecule has 2 amide bonds. The third-order valence-electron chi connectivity index (χ3n) is 3.34. The minimum atomic E-state index is -0.719. The first-order valence-electron chi connectivity index (χ1n) is 7.69. The molecule has 1 heterocycles. The standard InChI is InChI=1S/C17H19N3O4S/c1-4-12-7-5-6-10(2)15(12)20-14(22)8-24-16(23)13-9-25-17(19-13)18-11(3)21/h5-7,9H,4,8H2,1-3H3,(H,20,22)(H,18,19,21). The monoisotopic (exact) mass is 361 g/mol. The molecule has 1 aromatic carbocycles. The van der Waals surface area contributed by atoms with Gasteiger partial charge in [0.1, 0.15) is 0 Å². The lowest BCUT2D eigenvalue weighted by atomic mass is 10.1. The largest absolute Gasteiger partial charge is 0.451 e. The van der Waals surface area contributed by atoms with Gasteiger partial charge in [0.15, 0.2) is 17.4 Å². The number of benzene rings is 1. The van der Waals surface area contributed by atoms with Crippen molar-refractivity contribution in [2.45, 2.75) is 27.2 Å². The fourth-order valence-electron chi connectivity index (χ4n) is 2.16. The number of nitrogens with one attached hydrogen (secondary N) is 2. The molecule has 0 unspecified atom stereocenters. The van der Waals surface area contributed by atoms with Gasteiger partial charge in [-0.1, -0.05) is 25.1 Å². The lowest BCUT2D eigenvalue weighted by Crippen LogP contribution is -2.22. The molecular weight excluding hydrogens is 342 g/mol. The van der Waals surface area contributed by atoms with Gasteiger partial charge in [0.05, 0.1) is 0 Å². The number of ether oxygens (including phenoxy) is 1. The Morgan fingerprint density at radius 3 is 2.68 bits per heavy atom. The van der Waals surface area contributed by atoms with Crippen LogP contribution in [-0.4, -0.2) is 29.4 Å². The van der Waals surface area contributed by atoms with E-state index in [1.54, 1.807) is 0 Å². The summed E-state index contributed by atoms with van der Waals surface area (Å²) in [5.41, 5.74) is 2.75. The second-order valence-corrected chi connectivity index (χ2v) is 6.16. The summed E-state index contributed by atoms with van der Waals surface area (Å²) >= 11 is 1.11. The number of hydrogen-bond acceptors (Lipinski definition) is 6. The van der Waals surface area contributed by atoms with E-state index in [2.05, 4.69) is 15.6 Å². The Bertz CT molecular complexity index is 801. The van der Waals surface area contributed by atoms with Gasteiger partial charge in [-0.15, -0.1) is 11.3 Å². The maximum Gasteiger partial charge on any atom is 0.358 e. The van der Waals surface area contributed by atoms with Crippen molar-refractivity contribution in [3.63, 3.8) is 0 Å². The molecule has 2 N–H and O–H groups in total. The number of amides is 2. The average Bonchev–Trinajstić information content (AvgIpc) is 3.02. The van der Waals surface area contributed by atoms with Crippen molar-refractivity contribution in [2.24, 2.45) is 0 Å². The second kappa shape index (κ2) is 8.39. The third-order valence-corrected chi connectivity index (χ3v) is 4.09. The van der Waals surface area contributed by atoms with E-state index < -0.39 is 18.5 Å². The third kappa shape index (κ3) is 5.12. The summed E-state index contributed by atoms with van der Waals surface area (Å²) in [6, 6.07) is 5.77. The molecule has 0 saturated heterocycles. The lowest BCUT2D eigenvalue weighted by molar-refractivity contribution is -0.119. The van der Waals surface area contributed by atoms with Crippen LogP contribution in [0, 0.1) is 6.92 Å². The van der Waals surface area contributed by atoms with E-state index >= 15 is 0 Å². The molecule has 8 heteroatoms. The Morgan fingerprint density at radius 2 is 2.00 bits per heavy atom. The van der Waals surface area contributed by atoms with Crippen LogP contribution in [0.5, 0.6) is 0 Å². The predicted octanol–water partition coefficient (Wildman–Crippen LogP) is 2.77. The van der Waals surface area contributed by atoms with Crippen LogP contribution in [0.2, 0.25) is 0 Å². The summed E-state index contributed by atoms with van der Waals surface area (Å²) in [5, 5.41) is 7.02. The second-order valence-electron chi connectivity index (χ2n) is 5.31. The number of rotatable bonds is 6. The maximum atomic E-state index is 12.1. The van der Waals surface area contributed by atoms with E-state index in [1.165, 1.54) is 12.3 Å². The molecule has 2 rings (SSSR count). The molecule has 0 saturated carbocycles. The van der Waals surface area contributed by atoms with Crippen LogP contribution < -0.4 is 10.6 Å². The number of nitrogens with zero attached hydrogens (tertiary/aromatic N) is 1. The highest BCUT2D eigenvalue weighted by molar-refractivity contribution is 7.14. The Morgan fingerprint density at radius 1 is 1.24 bits per heavy atom. The highest BCUT2D eigenvalue weighted by atomic mass is 32.1. The number of para-hydroxylation sites is 1. The van der Waals surface area contributed by atoms with Crippen molar-refractivity contribution in [1.82, 2.24) is 4.98 Å². The first-order chi connectivity index (χ1) is 11.9. The number of esters is 1. The van der Waals surface area contributed by atoms with Crippen LogP contribution in [0.4, 0.5) is 10.8 Å². The molecular formula is C17H19N3O4S. The van der Waals surface area contributed by atoms with Crippen LogP contribution in [0.15, 0.2) is 23.6 Å². The van der Waals surface area contributed by atoms with Crippen molar-refractivity contribution in [1.29, 1.82) is 0 Å². The average molecular weight is 361 g/mol. The summed E-state index contributed by atoms with van der Waals surface area (Å²) in [4.78, 5) is 38.9. The zero-order valence-electron chi connectivity index (χ0n) is 14.2. The van der Waals surface area contributed by atoms with Gasteiger partial charge in [-0.3, -0.25) is 9.59 Å². The molecule has 0 aliphatic heterocycles. The van der Waals surface area contributed by atoms with E-state index in [-0.39, 0.29) is 11.6 Å². The number of hydrogen-bond donors (Lipinski definition) is 2. The molecule has 132 valence electrons. The summed E-state index contributed by atoms with van der Waals surface area (Å²) in [7, 11) is 0. The predicted molar refractivity (Wildman–Crippen MR) is 95.9 cm³/mol. The number of aromatic nitrogens is 1. The van der Waals surface area contributed by atoms with Crippen molar-refractivity contribution >= 4 is 39.9 Å². The highest BCUT2D eigenvalue weighted by Crippen LogP contribution is 2.21. The highest BCUT2D eigenvalue weighted by Gasteiger charge is 2.15. The first-order valence-corrected chi connectivity index (χ1v) is 8.57. The molecule has 0 radical (unpaired) electrons. The summed E-state index contributed by atoms with van der Waals surface area (Å²) in [6.45, 7) is 4.84. The summed E-state index contributed by atoms with van der Waals surface area (Å²) in [6.07, 6.45) is 0.780. The van der Waals surface area contributed by atoms with Crippen LogP contribution in [0.1, 0.15) is 35.5 Å². The van der Waals surface area contributed by atoms with Crippen LogP contribution in [0.25, 0.3) is 0 Å². The Labute approximate surface area is 149 Å². The zero-order chi connectivity index (χ0) is 18.4. The summed E-state index contributed by atoms with van der Waals surface area (Å²) < 4.78 is 4.97. The van der Waals surface area contributed by atoms with Crippen LogP contribution in [-0.2, 0) is 20.7 Å². The van der Waals surface area contributed by atoms with Gasteiger partial charge in [-0.05, 0) is 24.5 Å². The molecule has 25 heavy (non-hydrogen) atoms. The van der Waals surface area contributed by atoms with Crippen LogP contribution in [0.3, 0.4) is 0 Å². The number of thiazole rings is 1. The van der Waals surface area contributed by atoms with Crippen molar-refractivity contribution in [3.8, 4) is 0 Å². The van der Waals surface area contributed by atoms with Gasteiger partial charge in [0.25, 0.3) is 5.91 Å². The molecule has 0 aliphatic rings. The van der Waals surface area contributed by atoms with Crippen molar-refractivity contribution in [3.05, 3.63) is 40.4 Å². The summed E-state index contributed by atoms with van der Waals surface area (Å²) in [5.74, 6) is -1.42. The quantitative estimate of drug-likeness (QED) is 0.771. The Hall–Kier alpha value is -2.74. The molecule has 1 aromatic heterocycles. The SMILES string of the molecule is CCc1cccc(C)c1NC(=O)COC(=O)c1csc(NC(C)=O)n1.